The van der Waals surface area contributed by atoms with Gasteiger partial charge in [-0.1, -0.05) is 0 Å². The number of nitrogens with zero attached hydrogens (tertiary/aromatic N) is 2. The van der Waals surface area contributed by atoms with Crippen molar-refractivity contribution >= 4 is 39.3 Å². The lowest BCUT2D eigenvalue weighted by Gasteiger charge is -2.04. The summed E-state index contributed by atoms with van der Waals surface area (Å²) in [4.78, 5) is 15.0. The Hall–Kier alpha value is -3.24. The summed E-state index contributed by atoms with van der Waals surface area (Å²) in [5.41, 5.74) is 2.20. The van der Waals surface area contributed by atoms with Crippen molar-refractivity contribution in [3.05, 3.63) is 54.2 Å². The Labute approximate surface area is 192 Å². The molecule has 0 saturated heterocycles. The maximum absolute atomic E-state index is 10.7. The van der Waals surface area contributed by atoms with E-state index in [2.05, 4.69) is 9.55 Å². The highest BCUT2D eigenvalue weighted by atomic mass is 32.2. The summed E-state index contributed by atoms with van der Waals surface area (Å²) < 4.78 is 43.6. The van der Waals surface area contributed by atoms with E-state index >= 15 is 0 Å². The quantitative estimate of drug-likeness (QED) is 0.218. The lowest BCUT2D eigenvalue weighted by molar-refractivity contribution is -0.697. The Balaban J connectivity index is 1.55. The second-order valence-electron chi connectivity index (χ2n) is 7.58. The first-order valence-electron chi connectivity index (χ1n) is 10.7. The molecule has 0 amide bonds. The van der Waals surface area contributed by atoms with Crippen LogP contribution in [0.25, 0.3) is 23.3 Å². The highest BCUT2D eigenvalue weighted by Gasteiger charge is 2.08. The second-order valence-corrected chi connectivity index (χ2v) is 9.15. The molecule has 0 unspecified atom stereocenters. The molecule has 10 heteroatoms. The van der Waals surface area contributed by atoms with E-state index in [1.54, 1.807) is 24.3 Å². The number of rotatable bonds is 13. The van der Waals surface area contributed by atoms with Crippen LogP contribution in [0.4, 0.5) is 0 Å². The van der Waals surface area contributed by atoms with Gasteiger partial charge >= 0.3 is 5.97 Å². The van der Waals surface area contributed by atoms with E-state index in [1.165, 1.54) is 0 Å². The molecule has 0 bridgehead atoms. The molecule has 3 aromatic rings. The zero-order valence-electron chi connectivity index (χ0n) is 18.1. The van der Waals surface area contributed by atoms with Crippen LogP contribution >= 0.6 is 0 Å². The van der Waals surface area contributed by atoms with Crippen molar-refractivity contribution in [1.29, 1.82) is 0 Å². The summed E-state index contributed by atoms with van der Waals surface area (Å²) in [7, 11) is -3.99. The lowest BCUT2D eigenvalue weighted by Crippen LogP contribution is -2.32. The number of fused-ring (bicyclic) bond motifs is 1. The highest BCUT2D eigenvalue weighted by molar-refractivity contribution is 7.85. The molecular weight excluding hydrogens is 448 g/mol. The number of aromatic nitrogens is 2. The molecule has 2 N–H and O–H groups in total. The molecule has 2 heterocycles. The van der Waals surface area contributed by atoms with Crippen LogP contribution in [-0.2, 0) is 21.5 Å². The minimum absolute atomic E-state index is 0.153. The van der Waals surface area contributed by atoms with Gasteiger partial charge in [0.05, 0.1) is 12.4 Å². The van der Waals surface area contributed by atoms with Crippen LogP contribution in [0.5, 0.6) is 5.75 Å². The number of aryl methyl sites for hydroxylation is 1. The number of hydrogen-bond donors (Lipinski definition) is 2. The van der Waals surface area contributed by atoms with Crippen molar-refractivity contribution in [2.75, 3.05) is 12.4 Å². The van der Waals surface area contributed by atoms with Crippen molar-refractivity contribution in [1.82, 2.24) is 4.98 Å². The Bertz CT molecular complexity index is 1220. The molecule has 9 nitrogen and oxygen atoms in total. The van der Waals surface area contributed by atoms with Crippen LogP contribution in [0.15, 0.2) is 47.1 Å². The fourth-order valence-corrected chi connectivity index (χ4v) is 3.69. The Kier molecular flexibility index (Phi) is 8.56. The van der Waals surface area contributed by atoms with Crippen molar-refractivity contribution in [3.63, 3.8) is 0 Å². The van der Waals surface area contributed by atoms with E-state index in [1.807, 2.05) is 30.6 Å². The molecular formula is C23H27N2O7S+. The molecule has 0 saturated carbocycles. The van der Waals surface area contributed by atoms with E-state index < -0.39 is 16.1 Å². The van der Waals surface area contributed by atoms with Gasteiger partial charge in [0.25, 0.3) is 10.1 Å². The second kappa shape index (κ2) is 11.6. The van der Waals surface area contributed by atoms with Gasteiger partial charge in [-0.05, 0) is 43.5 Å². The molecule has 0 radical (unpaired) electrons. The summed E-state index contributed by atoms with van der Waals surface area (Å²) in [6.45, 7) is 0.969. The van der Waals surface area contributed by atoms with Crippen LogP contribution < -0.4 is 9.30 Å². The largest absolute Gasteiger partial charge is 0.493 e. The molecule has 0 aliphatic carbocycles. The SMILES string of the molecule is O=C(O)CCCCC[n+]1cccc(C=Cc2nc3ccc(OCCCS(=O)(=O)O)cc3o2)c1. The molecule has 0 aliphatic rings. The predicted octanol–water partition coefficient (Wildman–Crippen LogP) is 3.59. The molecule has 0 aliphatic heterocycles. The number of ether oxygens (including phenoxy) is 1. The van der Waals surface area contributed by atoms with Crippen LogP contribution in [0.3, 0.4) is 0 Å². The molecule has 2 aromatic heterocycles. The highest BCUT2D eigenvalue weighted by Crippen LogP contribution is 2.23. The van der Waals surface area contributed by atoms with E-state index in [-0.39, 0.29) is 25.2 Å². The number of carboxylic acids is 1. The predicted molar refractivity (Wildman–Crippen MR) is 122 cm³/mol. The van der Waals surface area contributed by atoms with E-state index in [4.69, 9.17) is 18.8 Å². The fraction of sp³-hybridized carbons (Fsp3) is 0.348. The number of aliphatic carboxylic acids is 1. The zero-order chi connectivity index (χ0) is 23.7. The number of pyridine rings is 1. The Morgan fingerprint density at radius 2 is 2.00 bits per heavy atom. The third-order valence-corrected chi connectivity index (χ3v) is 5.60. The van der Waals surface area contributed by atoms with Crippen LogP contribution in [0.2, 0.25) is 0 Å². The topological polar surface area (TPSA) is 131 Å². The maximum atomic E-state index is 10.7. The average molecular weight is 476 g/mol. The van der Waals surface area contributed by atoms with Gasteiger partial charge in [0.1, 0.15) is 17.8 Å². The van der Waals surface area contributed by atoms with Gasteiger partial charge in [-0.15, -0.1) is 0 Å². The third kappa shape index (κ3) is 8.66. The summed E-state index contributed by atoms with van der Waals surface area (Å²) in [5, 5.41) is 8.69. The van der Waals surface area contributed by atoms with E-state index in [0.717, 1.165) is 24.9 Å². The van der Waals surface area contributed by atoms with Gasteiger partial charge in [0.15, 0.2) is 18.0 Å². The summed E-state index contributed by atoms with van der Waals surface area (Å²) in [5.74, 6) is -0.139. The minimum Gasteiger partial charge on any atom is -0.493 e. The summed E-state index contributed by atoms with van der Waals surface area (Å²) in [6.07, 6.45) is 10.5. The average Bonchev–Trinajstić information content (AvgIpc) is 3.17. The van der Waals surface area contributed by atoms with Crippen LogP contribution in [-0.4, -0.2) is 41.4 Å². The summed E-state index contributed by atoms with van der Waals surface area (Å²) in [6, 6.07) is 9.10. The number of oxazole rings is 1. The van der Waals surface area contributed by atoms with Gasteiger partial charge in [-0.3, -0.25) is 9.35 Å². The molecule has 0 atom stereocenters. The Morgan fingerprint density at radius 1 is 1.15 bits per heavy atom. The monoisotopic (exact) mass is 475 g/mol. The van der Waals surface area contributed by atoms with E-state index in [9.17, 15) is 13.2 Å². The number of carbonyl (C=O) groups is 1. The molecule has 0 fully saturated rings. The molecule has 0 spiro atoms. The number of unbranched alkanes of at least 4 members (excludes halogenated alkanes) is 2. The first kappa shape index (κ1) is 24.4. The van der Waals surface area contributed by atoms with Gasteiger partial charge in [0, 0.05) is 36.6 Å². The normalized spacial score (nSPS) is 11.9. The van der Waals surface area contributed by atoms with Gasteiger partial charge in [-0.25, -0.2) is 9.55 Å². The first-order valence-corrected chi connectivity index (χ1v) is 12.3. The van der Waals surface area contributed by atoms with Crippen LogP contribution in [0.1, 0.15) is 43.6 Å². The van der Waals surface area contributed by atoms with Crippen molar-refractivity contribution in [3.8, 4) is 5.75 Å². The first-order chi connectivity index (χ1) is 15.8. The molecule has 3 rings (SSSR count). The standard InChI is InChI=1S/C23H26N2O7S/c26-23(27)7-2-1-3-12-25-13-4-6-18(17-25)8-11-22-24-20-10-9-19(16-21(20)32-22)31-14-5-15-33(28,29)30/h4,6,8-11,13,16-17H,1-3,5,7,12,14-15H2,(H-,26,27,28,29,30)/p+1. The smallest absolute Gasteiger partial charge is 0.303 e. The maximum Gasteiger partial charge on any atom is 0.303 e. The molecule has 176 valence electrons. The van der Waals surface area contributed by atoms with Crippen molar-refractivity contribution in [2.45, 2.75) is 38.6 Å². The summed E-state index contributed by atoms with van der Waals surface area (Å²) >= 11 is 0. The van der Waals surface area contributed by atoms with Gasteiger partial charge in [0.2, 0.25) is 5.89 Å². The molecule has 1 aromatic carbocycles. The minimum atomic E-state index is -3.99. The lowest BCUT2D eigenvalue weighted by atomic mass is 10.2. The van der Waals surface area contributed by atoms with Crippen molar-refractivity contribution in [2.24, 2.45) is 0 Å². The Morgan fingerprint density at radius 3 is 2.79 bits per heavy atom. The van der Waals surface area contributed by atoms with E-state index in [0.29, 0.717) is 29.2 Å². The zero-order valence-corrected chi connectivity index (χ0v) is 18.9. The third-order valence-electron chi connectivity index (χ3n) is 4.80. The van der Waals surface area contributed by atoms with Crippen molar-refractivity contribution < 1.29 is 36.6 Å². The number of carboxylic acid groups (broad SMARTS) is 1. The molecule has 33 heavy (non-hydrogen) atoms. The number of benzene rings is 1. The van der Waals surface area contributed by atoms with Gasteiger partial charge < -0.3 is 14.3 Å². The van der Waals surface area contributed by atoms with Gasteiger partial charge in [-0.2, -0.15) is 8.42 Å². The fourth-order valence-electron chi connectivity index (χ4n) is 3.21. The van der Waals surface area contributed by atoms with Crippen LogP contribution in [0, 0.1) is 0 Å². The number of hydrogen-bond acceptors (Lipinski definition) is 6.